The van der Waals surface area contributed by atoms with Crippen LogP contribution in [0.3, 0.4) is 0 Å². The number of hydrogen-bond acceptors (Lipinski definition) is 3. The van der Waals surface area contributed by atoms with Crippen molar-refractivity contribution in [3.05, 3.63) is 0 Å². The Hall–Kier alpha value is -0.820. The molecule has 1 saturated heterocycles. The van der Waals surface area contributed by atoms with Crippen molar-refractivity contribution in [1.29, 1.82) is 0 Å². The predicted octanol–water partition coefficient (Wildman–Crippen LogP) is 1.13. The third-order valence-electron chi connectivity index (χ3n) is 4.72. The van der Waals surface area contributed by atoms with Crippen molar-refractivity contribution in [2.45, 2.75) is 39.0 Å². The van der Waals surface area contributed by atoms with E-state index in [1.807, 2.05) is 0 Å². The Balaban J connectivity index is 1.68. The van der Waals surface area contributed by atoms with Gasteiger partial charge in [-0.05, 0) is 43.4 Å². The SMILES string of the molecule is C[C@@H]1CC[C@@H](CNC(=O)N2CCC(CS(N)(=O)=O)CC2)C1. The van der Waals surface area contributed by atoms with Gasteiger partial charge in [0.15, 0.2) is 0 Å². The fraction of sp³-hybridized carbons (Fsp3) is 0.929. The van der Waals surface area contributed by atoms with E-state index < -0.39 is 10.0 Å². The minimum atomic E-state index is -3.41. The van der Waals surface area contributed by atoms with E-state index in [0.717, 1.165) is 12.5 Å². The molecule has 1 heterocycles. The van der Waals surface area contributed by atoms with E-state index in [0.29, 0.717) is 31.8 Å². The Kier molecular flexibility index (Phi) is 5.48. The van der Waals surface area contributed by atoms with Crippen LogP contribution in [0.2, 0.25) is 0 Å². The average molecular weight is 317 g/mol. The van der Waals surface area contributed by atoms with Crippen LogP contribution in [0.25, 0.3) is 0 Å². The molecule has 0 bridgehead atoms. The van der Waals surface area contributed by atoms with Crippen LogP contribution in [-0.2, 0) is 10.0 Å². The first kappa shape index (κ1) is 16.5. The molecule has 1 aliphatic carbocycles. The minimum Gasteiger partial charge on any atom is -0.338 e. The maximum atomic E-state index is 12.1. The summed E-state index contributed by atoms with van der Waals surface area (Å²) in [6, 6.07) is -0.0105. The summed E-state index contributed by atoms with van der Waals surface area (Å²) >= 11 is 0. The molecule has 2 aliphatic rings. The fourth-order valence-electron chi connectivity index (χ4n) is 3.49. The third kappa shape index (κ3) is 5.47. The number of sulfonamides is 1. The molecule has 0 aromatic carbocycles. The molecular formula is C14H27N3O3S. The zero-order valence-corrected chi connectivity index (χ0v) is 13.6. The molecule has 3 N–H and O–H groups in total. The molecule has 6 nitrogen and oxygen atoms in total. The van der Waals surface area contributed by atoms with Crippen LogP contribution in [0, 0.1) is 17.8 Å². The second-order valence-electron chi connectivity index (χ2n) is 6.73. The van der Waals surface area contributed by atoms with Gasteiger partial charge in [-0.1, -0.05) is 13.3 Å². The number of nitrogens with two attached hydrogens (primary N) is 1. The molecule has 1 saturated carbocycles. The fourth-order valence-corrected chi connectivity index (χ4v) is 4.48. The molecule has 0 spiro atoms. The van der Waals surface area contributed by atoms with Gasteiger partial charge in [-0.3, -0.25) is 0 Å². The lowest BCUT2D eigenvalue weighted by Gasteiger charge is -2.31. The van der Waals surface area contributed by atoms with Crippen LogP contribution in [0.4, 0.5) is 4.79 Å². The summed E-state index contributed by atoms with van der Waals surface area (Å²) < 4.78 is 22.2. The molecular weight excluding hydrogens is 290 g/mol. The van der Waals surface area contributed by atoms with Gasteiger partial charge in [-0.15, -0.1) is 0 Å². The summed E-state index contributed by atoms with van der Waals surface area (Å²) in [6.07, 6.45) is 5.10. The summed E-state index contributed by atoms with van der Waals surface area (Å²) in [5.41, 5.74) is 0. The molecule has 0 radical (unpaired) electrons. The minimum absolute atomic E-state index is 0.0105. The van der Waals surface area contributed by atoms with E-state index in [1.54, 1.807) is 4.90 Å². The number of rotatable bonds is 4. The van der Waals surface area contributed by atoms with Crippen molar-refractivity contribution in [2.24, 2.45) is 22.9 Å². The van der Waals surface area contributed by atoms with E-state index in [-0.39, 0.29) is 17.7 Å². The van der Waals surface area contributed by atoms with E-state index in [9.17, 15) is 13.2 Å². The number of piperidine rings is 1. The second kappa shape index (κ2) is 6.96. The predicted molar refractivity (Wildman–Crippen MR) is 82.2 cm³/mol. The highest BCUT2D eigenvalue weighted by molar-refractivity contribution is 7.89. The Bertz CT molecular complexity index is 458. The standard InChI is InChI=1S/C14H27N3O3S/c1-11-2-3-13(8-11)9-16-14(18)17-6-4-12(5-7-17)10-21(15,19)20/h11-13H,2-10H2,1H3,(H,16,18)(H2,15,19,20)/t11-,13-/m1/s1. The molecule has 0 aromatic rings. The Morgan fingerprint density at radius 2 is 1.86 bits per heavy atom. The highest BCUT2D eigenvalue weighted by Gasteiger charge is 2.26. The highest BCUT2D eigenvalue weighted by Crippen LogP contribution is 2.29. The lowest BCUT2D eigenvalue weighted by Crippen LogP contribution is -2.46. The van der Waals surface area contributed by atoms with Gasteiger partial charge in [0.05, 0.1) is 5.75 Å². The lowest BCUT2D eigenvalue weighted by atomic mass is 9.99. The van der Waals surface area contributed by atoms with Gasteiger partial charge < -0.3 is 10.2 Å². The quantitative estimate of drug-likeness (QED) is 0.814. The maximum Gasteiger partial charge on any atom is 0.317 e. The number of primary sulfonamides is 1. The van der Waals surface area contributed by atoms with Crippen LogP contribution in [0.15, 0.2) is 0 Å². The smallest absolute Gasteiger partial charge is 0.317 e. The zero-order valence-electron chi connectivity index (χ0n) is 12.8. The van der Waals surface area contributed by atoms with Gasteiger partial charge in [-0.2, -0.15) is 0 Å². The van der Waals surface area contributed by atoms with Crippen molar-refractivity contribution < 1.29 is 13.2 Å². The number of likely N-dealkylation sites (tertiary alicyclic amines) is 1. The first-order valence-electron chi connectivity index (χ1n) is 7.86. The number of carbonyl (C=O) groups excluding carboxylic acids is 1. The highest BCUT2D eigenvalue weighted by atomic mass is 32.2. The first-order valence-corrected chi connectivity index (χ1v) is 9.58. The van der Waals surface area contributed by atoms with Gasteiger partial charge in [-0.25, -0.2) is 18.4 Å². The van der Waals surface area contributed by atoms with Crippen molar-refractivity contribution >= 4 is 16.1 Å². The number of nitrogens with zero attached hydrogens (tertiary/aromatic N) is 1. The monoisotopic (exact) mass is 317 g/mol. The lowest BCUT2D eigenvalue weighted by molar-refractivity contribution is 0.173. The van der Waals surface area contributed by atoms with Gasteiger partial charge in [0, 0.05) is 19.6 Å². The topological polar surface area (TPSA) is 92.5 Å². The molecule has 21 heavy (non-hydrogen) atoms. The normalized spacial score (nSPS) is 27.8. The van der Waals surface area contributed by atoms with Crippen molar-refractivity contribution in [2.75, 3.05) is 25.4 Å². The maximum absolute atomic E-state index is 12.1. The molecule has 2 atom stereocenters. The summed E-state index contributed by atoms with van der Waals surface area (Å²) in [6.45, 7) is 4.26. The summed E-state index contributed by atoms with van der Waals surface area (Å²) in [4.78, 5) is 13.9. The summed E-state index contributed by atoms with van der Waals surface area (Å²) in [5.74, 6) is 1.51. The van der Waals surface area contributed by atoms with E-state index >= 15 is 0 Å². The van der Waals surface area contributed by atoms with Crippen molar-refractivity contribution in [3.63, 3.8) is 0 Å². The van der Waals surface area contributed by atoms with Gasteiger partial charge >= 0.3 is 6.03 Å². The summed E-state index contributed by atoms with van der Waals surface area (Å²) in [7, 11) is -3.41. The van der Waals surface area contributed by atoms with Crippen LogP contribution in [-0.4, -0.2) is 44.7 Å². The van der Waals surface area contributed by atoms with Gasteiger partial charge in [0.2, 0.25) is 10.0 Å². The number of urea groups is 1. The molecule has 2 fully saturated rings. The van der Waals surface area contributed by atoms with Crippen LogP contribution < -0.4 is 10.5 Å². The van der Waals surface area contributed by atoms with Gasteiger partial charge in [0.1, 0.15) is 0 Å². The third-order valence-corrected chi connectivity index (χ3v) is 5.65. The number of amides is 2. The number of nitrogens with one attached hydrogen (secondary N) is 1. The van der Waals surface area contributed by atoms with E-state index in [1.165, 1.54) is 19.3 Å². The summed E-state index contributed by atoms with van der Waals surface area (Å²) in [5, 5.41) is 8.09. The second-order valence-corrected chi connectivity index (χ2v) is 8.39. The van der Waals surface area contributed by atoms with E-state index in [4.69, 9.17) is 5.14 Å². The molecule has 2 rings (SSSR count). The molecule has 0 aromatic heterocycles. The number of carbonyl (C=O) groups is 1. The molecule has 0 unspecified atom stereocenters. The Labute approximate surface area is 127 Å². The largest absolute Gasteiger partial charge is 0.338 e. The Morgan fingerprint density at radius 3 is 2.38 bits per heavy atom. The zero-order chi connectivity index (χ0) is 15.5. The van der Waals surface area contributed by atoms with Crippen LogP contribution in [0.5, 0.6) is 0 Å². The Morgan fingerprint density at radius 1 is 1.19 bits per heavy atom. The van der Waals surface area contributed by atoms with Crippen molar-refractivity contribution in [1.82, 2.24) is 10.2 Å². The van der Waals surface area contributed by atoms with Crippen LogP contribution in [0.1, 0.15) is 39.0 Å². The molecule has 122 valence electrons. The van der Waals surface area contributed by atoms with Crippen molar-refractivity contribution in [3.8, 4) is 0 Å². The average Bonchev–Trinajstić information content (AvgIpc) is 2.81. The molecule has 2 amide bonds. The van der Waals surface area contributed by atoms with Crippen LogP contribution >= 0.6 is 0 Å². The van der Waals surface area contributed by atoms with E-state index in [2.05, 4.69) is 12.2 Å². The molecule has 1 aliphatic heterocycles. The number of hydrogen-bond donors (Lipinski definition) is 2. The first-order chi connectivity index (χ1) is 9.83. The van der Waals surface area contributed by atoms with Gasteiger partial charge in [0.25, 0.3) is 0 Å². The molecule has 7 heteroatoms.